The third kappa shape index (κ3) is 5.86. The normalized spacial score (nSPS) is 11.4. The Labute approximate surface area is 216 Å². The molecule has 0 aliphatic carbocycles. The summed E-state index contributed by atoms with van der Waals surface area (Å²) in [7, 11) is -3.98. The van der Waals surface area contributed by atoms with Gasteiger partial charge in [-0.2, -0.15) is 0 Å². The predicted octanol–water partition coefficient (Wildman–Crippen LogP) is 2.63. The Hall–Kier alpha value is -4.59. The number of primary amides is 1. The van der Waals surface area contributed by atoms with E-state index in [1.807, 2.05) is 0 Å². The molecule has 0 saturated heterocycles. The Morgan fingerprint density at radius 3 is 2.55 bits per heavy atom. The second-order valence-corrected chi connectivity index (χ2v) is 10.0. The van der Waals surface area contributed by atoms with Gasteiger partial charge < -0.3 is 21.9 Å². The van der Waals surface area contributed by atoms with E-state index < -0.39 is 40.8 Å². The lowest BCUT2D eigenvalue weighted by atomic mass is 10.0. The fraction of sp³-hybridized carbons (Fsp3) is 0.167. The maximum atomic E-state index is 15.5. The molecule has 0 aliphatic heterocycles. The molecule has 2 aromatic carbocycles. The molecule has 14 heteroatoms. The molecule has 4 rings (SSSR count). The first-order chi connectivity index (χ1) is 18.1. The minimum absolute atomic E-state index is 0.00673. The fourth-order valence-electron chi connectivity index (χ4n) is 3.60. The van der Waals surface area contributed by atoms with Crippen LogP contribution in [-0.2, 0) is 14.8 Å². The Balaban J connectivity index is 1.84. The zero-order valence-corrected chi connectivity index (χ0v) is 20.6. The number of aromatic nitrogens is 3. The van der Waals surface area contributed by atoms with Crippen LogP contribution in [0.4, 0.5) is 26.1 Å². The van der Waals surface area contributed by atoms with Gasteiger partial charge in [0.2, 0.25) is 10.0 Å². The van der Waals surface area contributed by atoms with Crippen LogP contribution >= 0.6 is 0 Å². The number of benzene rings is 2. The van der Waals surface area contributed by atoms with Gasteiger partial charge in [0, 0.05) is 22.7 Å². The lowest BCUT2D eigenvalue weighted by Crippen LogP contribution is -2.20. The summed E-state index contributed by atoms with van der Waals surface area (Å²) in [5.74, 6) is -1.57. The molecule has 0 atom stereocenters. The van der Waals surface area contributed by atoms with E-state index in [-0.39, 0.29) is 51.5 Å². The molecule has 0 saturated carbocycles. The number of halogens is 2. The average Bonchev–Trinajstić information content (AvgIpc) is 2.87. The molecule has 2 heterocycles. The zero-order valence-electron chi connectivity index (χ0n) is 19.8. The average molecular weight is 544 g/mol. The second kappa shape index (κ2) is 10.8. The number of pyridine rings is 1. The van der Waals surface area contributed by atoms with E-state index in [9.17, 15) is 17.6 Å². The molecule has 38 heavy (non-hydrogen) atoms. The number of nitrogens with one attached hydrogen (secondary N) is 1. The van der Waals surface area contributed by atoms with Gasteiger partial charge in [-0.05, 0) is 42.3 Å². The third-order valence-electron chi connectivity index (χ3n) is 5.33. The summed E-state index contributed by atoms with van der Waals surface area (Å²) >= 11 is 0. The van der Waals surface area contributed by atoms with Gasteiger partial charge in [-0.3, -0.25) is 13.9 Å². The highest BCUT2D eigenvalue weighted by atomic mass is 32.2. The minimum Gasteiger partial charge on any atom is -0.481 e. The molecule has 198 valence electrons. The summed E-state index contributed by atoms with van der Waals surface area (Å²) in [5.41, 5.74) is 17.8. The largest absolute Gasteiger partial charge is 0.481 e. The van der Waals surface area contributed by atoms with E-state index in [0.29, 0.717) is 11.4 Å². The van der Waals surface area contributed by atoms with Crippen molar-refractivity contribution < 1.29 is 26.7 Å². The van der Waals surface area contributed by atoms with Crippen molar-refractivity contribution >= 4 is 44.2 Å². The Morgan fingerprint density at radius 1 is 1.08 bits per heavy atom. The molecule has 0 radical (unpaired) electrons. The van der Waals surface area contributed by atoms with Crippen molar-refractivity contribution in [2.75, 3.05) is 35.2 Å². The Morgan fingerprint density at radius 2 is 1.87 bits per heavy atom. The zero-order chi connectivity index (χ0) is 27.4. The number of nitrogens with two attached hydrogens (primary N) is 3. The molecule has 7 N–H and O–H groups in total. The number of sulfonamides is 1. The quantitative estimate of drug-likeness (QED) is 0.233. The molecule has 2 aromatic heterocycles. The number of alkyl halides is 1. The molecule has 0 spiro atoms. The van der Waals surface area contributed by atoms with E-state index in [1.54, 1.807) is 12.1 Å². The molecule has 0 bridgehead atoms. The van der Waals surface area contributed by atoms with E-state index in [4.69, 9.17) is 21.9 Å². The van der Waals surface area contributed by atoms with Crippen molar-refractivity contribution in [3.05, 3.63) is 54.5 Å². The lowest BCUT2D eigenvalue weighted by molar-refractivity contribution is -0.119. The van der Waals surface area contributed by atoms with E-state index in [1.165, 1.54) is 36.5 Å². The number of carbonyl (C=O) groups is 1. The topological polar surface area (TPSA) is 189 Å². The molecule has 11 nitrogen and oxygen atoms in total. The molecule has 4 aromatic rings. The first kappa shape index (κ1) is 26.5. The Kier molecular flexibility index (Phi) is 7.52. The second-order valence-electron chi connectivity index (χ2n) is 8.16. The smallest absolute Gasteiger partial charge is 0.255 e. The van der Waals surface area contributed by atoms with Gasteiger partial charge in [-0.1, -0.05) is 12.1 Å². The van der Waals surface area contributed by atoms with Crippen molar-refractivity contribution in [3.8, 4) is 28.3 Å². The van der Waals surface area contributed by atoms with Crippen molar-refractivity contribution in [2.24, 2.45) is 5.73 Å². The van der Waals surface area contributed by atoms with E-state index in [0.717, 1.165) is 0 Å². The number of nitrogen functional groups attached to an aromatic ring is 2. The van der Waals surface area contributed by atoms with Gasteiger partial charge in [-0.15, -0.1) is 0 Å². The number of anilines is 3. The summed E-state index contributed by atoms with van der Waals surface area (Å²) in [4.78, 5) is 24.3. The monoisotopic (exact) mass is 543 g/mol. The van der Waals surface area contributed by atoms with Crippen molar-refractivity contribution in [3.63, 3.8) is 0 Å². The van der Waals surface area contributed by atoms with Crippen LogP contribution in [0.5, 0.6) is 5.75 Å². The lowest BCUT2D eigenvalue weighted by Gasteiger charge is -2.15. The SMILES string of the molecule is NC(=O)COc1cc(-c2cccc(NS(=O)(=O)CCCF)c2F)cc2c(N)nc(-c3ccc(N)nc3)nc12. The number of hydrogen-bond acceptors (Lipinski definition) is 9. The van der Waals surface area contributed by atoms with Gasteiger partial charge in [0.05, 0.1) is 18.1 Å². The van der Waals surface area contributed by atoms with Gasteiger partial charge in [-0.25, -0.2) is 27.8 Å². The number of hydrogen-bond donors (Lipinski definition) is 4. The molecule has 0 unspecified atom stereocenters. The van der Waals surface area contributed by atoms with Crippen molar-refractivity contribution in [1.29, 1.82) is 0 Å². The number of ether oxygens (including phenoxy) is 1. The van der Waals surface area contributed by atoms with Crippen LogP contribution in [0.25, 0.3) is 33.4 Å². The summed E-state index contributed by atoms with van der Waals surface area (Å²) in [6.07, 6.45) is 1.24. The molecule has 1 amide bonds. The van der Waals surface area contributed by atoms with Gasteiger partial charge in [0.15, 0.2) is 18.2 Å². The summed E-state index contributed by atoms with van der Waals surface area (Å²) < 4.78 is 60.0. The number of fused-ring (bicyclic) bond motifs is 1. The fourth-order valence-corrected chi connectivity index (χ4v) is 4.69. The third-order valence-corrected chi connectivity index (χ3v) is 6.69. The van der Waals surface area contributed by atoms with Crippen molar-refractivity contribution in [1.82, 2.24) is 15.0 Å². The highest BCUT2D eigenvalue weighted by Crippen LogP contribution is 2.37. The standard InChI is InChI=1S/C24H23F2N7O4S/c25-7-2-8-38(35,36)33-17-4-1-3-15(21(17)26)14-9-16-22(18(10-14)37-12-20(28)34)31-24(32-23(16)29)13-5-6-19(27)30-11-13/h1,3-6,9-11,33H,2,7-8,12H2,(H2,27,30)(H2,28,34)(H2,29,31,32). The molecular formula is C24H23F2N7O4S. The Bertz CT molecular complexity index is 1620. The molecule has 0 aliphatic rings. The summed E-state index contributed by atoms with van der Waals surface area (Å²) in [6.45, 7) is -1.33. The minimum atomic E-state index is -3.98. The highest BCUT2D eigenvalue weighted by molar-refractivity contribution is 7.92. The number of amides is 1. The number of carbonyl (C=O) groups excluding carboxylic acids is 1. The molecule has 0 fully saturated rings. The summed E-state index contributed by atoms with van der Waals surface area (Å²) in [5, 5.41) is 0.280. The van der Waals surface area contributed by atoms with E-state index in [2.05, 4.69) is 19.7 Å². The number of rotatable bonds is 10. The van der Waals surface area contributed by atoms with Crippen LogP contribution < -0.4 is 26.7 Å². The van der Waals surface area contributed by atoms with Gasteiger partial charge in [0.1, 0.15) is 22.9 Å². The van der Waals surface area contributed by atoms with Gasteiger partial charge in [0.25, 0.3) is 5.91 Å². The number of nitrogens with zero attached hydrogens (tertiary/aromatic N) is 3. The first-order valence-corrected chi connectivity index (χ1v) is 12.8. The maximum Gasteiger partial charge on any atom is 0.255 e. The van der Waals surface area contributed by atoms with Crippen LogP contribution in [0.1, 0.15) is 6.42 Å². The molecular weight excluding hydrogens is 520 g/mol. The highest BCUT2D eigenvalue weighted by Gasteiger charge is 2.20. The van der Waals surface area contributed by atoms with Crippen LogP contribution in [-0.4, -0.2) is 48.3 Å². The van der Waals surface area contributed by atoms with Crippen LogP contribution in [0, 0.1) is 5.82 Å². The van der Waals surface area contributed by atoms with Crippen LogP contribution in [0.15, 0.2) is 48.7 Å². The predicted molar refractivity (Wildman–Crippen MR) is 140 cm³/mol. The van der Waals surface area contributed by atoms with Crippen LogP contribution in [0.3, 0.4) is 0 Å². The van der Waals surface area contributed by atoms with E-state index >= 15 is 4.39 Å². The van der Waals surface area contributed by atoms with Gasteiger partial charge >= 0.3 is 0 Å². The summed E-state index contributed by atoms with van der Waals surface area (Å²) in [6, 6.07) is 10.2. The maximum absolute atomic E-state index is 15.5. The van der Waals surface area contributed by atoms with Crippen LogP contribution in [0.2, 0.25) is 0 Å². The first-order valence-electron chi connectivity index (χ1n) is 11.2. The van der Waals surface area contributed by atoms with Crippen molar-refractivity contribution in [2.45, 2.75) is 6.42 Å².